The maximum Gasteiger partial charge on any atom is 0.405 e. The zero-order chi connectivity index (χ0) is 27.9. The molecule has 0 amide bonds. The van der Waals surface area contributed by atoms with Crippen LogP contribution in [0.3, 0.4) is 0 Å². The average Bonchev–Trinajstić information content (AvgIpc) is 3.27. The smallest absolute Gasteiger partial charge is 0.395 e. The molecule has 0 radical (unpaired) electrons. The zero-order valence-corrected chi connectivity index (χ0v) is 23.2. The summed E-state index contributed by atoms with van der Waals surface area (Å²) in [6.07, 6.45) is -1.39. The highest BCUT2D eigenvalue weighted by Gasteiger charge is 2.38. The number of aromatic nitrogens is 2. The molecule has 4 N–H and O–H groups in total. The van der Waals surface area contributed by atoms with Crippen LogP contribution in [0, 0.1) is 12.3 Å². The number of aliphatic hydroxyl groups is 2. The summed E-state index contributed by atoms with van der Waals surface area (Å²) in [5.74, 6) is 0.182. The molecule has 38 heavy (non-hydrogen) atoms. The zero-order valence-electron chi connectivity index (χ0n) is 21.5. The van der Waals surface area contributed by atoms with E-state index in [1.54, 1.807) is 20.8 Å². The molecule has 1 aliphatic heterocycles. The second-order valence-corrected chi connectivity index (χ2v) is 12.4. The lowest BCUT2D eigenvalue weighted by Gasteiger charge is -2.23. The molecule has 14 heteroatoms. The van der Waals surface area contributed by atoms with Crippen LogP contribution in [0.4, 0.5) is 0 Å². The van der Waals surface area contributed by atoms with Crippen molar-refractivity contribution < 1.29 is 33.4 Å². The molecule has 1 saturated heterocycles. The summed E-state index contributed by atoms with van der Waals surface area (Å²) >= 11 is 0.958. The van der Waals surface area contributed by atoms with E-state index < -0.39 is 42.8 Å². The third kappa shape index (κ3) is 8.20. The maximum atomic E-state index is 13.5. The van der Waals surface area contributed by atoms with Crippen LogP contribution in [0.2, 0.25) is 0 Å². The number of thioether (sulfide) groups is 1. The number of aryl methyl sites for hydroxylation is 1. The van der Waals surface area contributed by atoms with Crippen molar-refractivity contribution >= 4 is 24.6 Å². The van der Waals surface area contributed by atoms with E-state index in [2.05, 4.69) is 10.1 Å². The van der Waals surface area contributed by atoms with Crippen molar-refractivity contribution in [2.75, 3.05) is 25.6 Å². The number of nitrogens with one attached hydrogen (secondary N) is 2. The first kappa shape index (κ1) is 30.5. The Kier molecular flexibility index (Phi) is 10.7. The third-order valence-corrected chi connectivity index (χ3v) is 8.66. The van der Waals surface area contributed by atoms with Crippen molar-refractivity contribution in [1.82, 2.24) is 14.6 Å². The van der Waals surface area contributed by atoms with Gasteiger partial charge in [-0.25, -0.2) is 14.4 Å². The highest BCUT2D eigenvalue weighted by atomic mass is 32.2. The highest BCUT2D eigenvalue weighted by Crippen LogP contribution is 2.45. The van der Waals surface area contributed by atoms with Gasteiger partial charge in [-0.1, -0.05) is 42.1 Å². The van der Waals surface area contributed by atoms with Gasteiger partial charge in [0.05, 0.1) is 31.3 Å². The van der Waals surface area contributed by atoms with E-state index in [1.165, 1.54) is 10.8 Å². The number of hydrogen-bond donors (Lipinski definition) is 4. The molecule has 3 rings (SSSR count). The Morgan fingerprint density at radius 2 is 2.00 bits per heavy atom. The van der Waals surface area contributed by atoms with Gasteiger partial charge in [-0.2, -0.15) is 0 Å². The number of hydrogen-bond acceptors (Lipinski definition) is 10. The molecule has 210 valence electrons. The fourth-order valence-electron chi connectivity index (χ4n) is 3.47. The number of nitrogens with zero attached hydrogens (tertiary/aromatic N) is 1. The number of H-pyrrole nitrogens is 1. The normalized spacial score (nSPS) is 21.3. The van der Waals surface area contributed by atoms with Gasteiger partial charge >= 0.3 is 13.4 Å². The Hall–Kier alpha value is -2.09. The summed E-state index contributed by atoms with van der Waals surface area (Å²) in [5.41, 5.74) is -0.945. The first-order valence-corrected chi connectivity index (χ1v) is 14.6. The van der Waals surface area contributed by atoms with Crippen molar-refractivity contribution in [2.45, 2.75) is 52.2 Å². The van der Waals surface area contributed by atoms with E-state index in [9.17, 15) is 29.2 Å². The number of carbonyl (C=O) groups is 1. The molecule has 12 nitrogen and oxygen atoms in total. The van der Waals surface area contributed by atoms with Gasteiger partial charge in [-0.05, 0) is 26.3 Å². The molecule has 2 heterocycles. The standard InChI is InChI=1S/C24H34N3O9PS/c1-16-13-27(23(32)26-21(16)30)20-11-18(29)19(36-20)14-35-37(33,25-12-17-7-5-4-6-8-17)34-9-10-38-22(31)24(2,3)15-28/h4-8,13,18-20,28-29H,9-12,14-15H2,1-3H3,(H,25,33)(H,26,30,32)/t18?,19-,20-,37?/m1/s1. The summed E-state index contributed by atoms with van der Waals surface area (Å²) in [7, 11) is -3.92. The second kappa shape index (κ2) is 13.3. The summed E-state index contributed by atoms with van der Waals surface area (Å²) < 4.78 is 31.7. The van der Waals surface area contributed by atoms with Crippen molar-refractivity contribution in [2.24, 2.45) is 5.41 Å². The minimum absolute atomic E-state index is 0.0570. The number of benzene rings is 1. The average molecular weight is 572 g/mol. The number of rotatable bonds is 13. The Balaban J connectivity index is 1.63. The predicted octanol–water partition coefficient (Wildman–Crippen LogP) is 1.70. The van der Waals surface area contributed by atoms with Crippen LogP contribution in [0.1, 0.15) is 37.6 Å². The predicted molar refractivity (Wildman–Crippen MR) is 142 cm³/mol. The summed E-state index contributed by atoms with van der Waals surface area (Å²) in [6, 6.07) is 9.18. The molecule has 0 bridgehead atoms. The van der Waals surface area contributed by atoms with E-state index >= 15 is 0 Å². The molecule has 0 aliphatic carbocycles. The second-order valence-electron chi connectivity index (χ2n) is 9.54. The van der Waals surface area contributed by atoms with E-state index in [4.69, 9.17) is 13.8 Å². The van der Waals surface area contributed by atoms with Crippen LogP contribution < -0.4 is 16.3 Å². The van der Waals surface area contributed by atoms with Crippen LogP contribution in [-0.4, -0.2) is 62.7 Å². The van der Waals surface area contributed by atoms with E-state index in [0.29, 0.717) is 5.56 Å². The summed E-state index contributed by atoms with van der Waals surface area (Å²) in [4.78, 5) is 38.3. The van der Waals surface area contributed by atoms with E-state index in [0.717, 1.165) is 17.3 Å². The summed E-state index contributed by atoms with van der Waals surface area (Å²) in [5, 5.41) is 22.4. The highest BCUT2D eigenvalue weighted by molar-refractivity contribution is 8.13. The van der Waals surface area contributed by atoms with Gasteiger partial charge in [0.2, 0.25) is 0 Å². The number of aliphatic hydroxyl groups excluding tert-OH is 2. The summed E-state index contributed by atoms with van der Waals surface area (Å²) in [6.45, 7) is 4.28. The minimum Gasteiger partial charge on any atom is -0.395 e. The number of ether oxygens (including phenoxy) is 1. The molecule has 0 spiro atoms. The first-order chi connectivity index (χ1) is 17.9. The van der Waals surface area contributed by atoms with Crippen molar-refractivity contribution in [3.05, 3.63) is 68.5 Å². The number of aromatic amines is 1. The van der Waals surface area contributed by atoms with Crippen molar-refractivity contribution in [1.29, 1.82) is 0 Å². The third-order valence-electron chi connectivity index (χ3n) is 5.91. The van der Waals surface area contributed by atoms with Crippen molar-refractivity contribution in [3.8, 4) is 0 Å². The largest absolute Gasteiger partial charge is 0.405 e. The van der Waals surface area contributed by atoms with Gasteiger partial charge in [0.25, 0.3) is 5.56 Å². The fourth-order valence-corrected chi connectivity index (χ4v) is 5.71. The lowest BCUT2D eigenvalue weighted by molar-refractivity contribution is -0.119. The van der Waals surface area contributed by atoms with Crippen LogP contribution in [-0.2, 0) is 29.7 Å². The van der Waals surface area contributed by atoms with Gasteiger partial charge in [-0.15, -0.1) is 0 Å². The molecule has 2 unspecified atom stereocenters. The van der Waals surface area contributed by atoms with E-state index in [1.807, 2.05) is 30.3 Å². The monoisotopic (exact) mass is 571 g/mol. The Bertz CT molecular complexity index is 1250. The fraction of sp³-hybridized carbons (Fsp3) is 0.542. The molecule has 2 aromatic rings. The number of carbonyl (C=O) groups excluding carboxylic acids is 1. The lowest BCUT2D eigenvalue weighted by Crippen LogP contribution is -2.33. The molecule has 4 atom stereocenters. The molecular formula is C24H34N3O9PS. The minimum atomic E-state index is -3.92. The molecule has 0 saturated carbocycles. The van der Waals surface area contributed by atoms with Gasteiger partial charge in [0, 0.05) is 30.5 Å². The quantitative estimate of drug-likeness (QED) is 0.204. The molecular weight excluding hydrogens is 537 g/mol. The SMILES string of the molecule is Cc1cn([C@H]2CC(O)[C@@H](COP(=O)(NCc3ccccc3)OCCSC(=O)C(C)(C)CO)O2)c(=O)[nH]c1=O. The van der Waals surface area contributed by atoms with Crippen molar-refractivity contribution in [3.63, 3.8) is 0 Å². The van der Waals surface area contributed by atoms with Gasteiger partial charge in [-0.3, -0.25) is 28.2 Å². The first-order valence-electron chi connectivity index (χ1n) is 12.1. The van der Waals surface area contributed by atoms with Gasteiger partial charge in [0.15, 0.2) is 5.12 Å². The Morgan fingerprint density at radius 1 is 1.29 bits per heavy atom. The van der Waals surface area contributed by atoms with Crippen LogP contribution in [0.25, 0.3) is 0 Å². The maximum absolute atomic E-state index is 13.5. The van der Waals surface area contributed by atoms with Gasteiger partial charge < -0.3 is 14.9 Å². The Labute approximate surface area is 224 Å². The van der Waals surface area contributed by atoms with Crippen LogP contribution in [0.5, 0.6) is 0 Å². The molecule has 1 fully saturated rings. The topological polar surface area (TPSA) is 169 Å². The Morgan fingerprint density at radius 3 is 2.68 bits per heavy atom. The molecule has 1 aliphatic rings. The van der Waals surface area contributed by atoms with E-state index in [-0.39, 0.29) is 43.7 Å². The molecule has 1 aromatic carbocycles. The van der Waals surface area contributed by atoms with Crippen LogP contribution >= 0.6 is 19.5 Å². The molecule has 1 aromatic heterocycles. The lowest BCUT2D eigenvalue weighted by atomic mass is 9.97. The van der Waals surface area contributed by atoms with Gasteiger partial charge in [0.1, 0.15) is 12.3 Å². The van der Waals surface area contributed by atoms with Crippen LogP contribution in [0.15, 0.2) is 46.1 Å².